The van der Waals surface area contributed by atoms with Gasteiger partial charge in [0.05, 0.1) is 17.1 Å². The number of hydrogen-bond acceptors (Lipinski definition) is 5. The third kappa shape index (κ3) is 3.93. The Morgan fingerprint density at radius 2 is 2.14 bits per heavy atom. The van der Waals surface area contributed by atoms with Gasteiger partial charge in [-0.15, -0.1) is 0 Å². The number of nitro groups is 1. The van der Waals surface area contributed by atoms with E-state index in [-0.39, 0.29) is 11.4 Å². The lowest BCUT2D eigenvalue weighted by Crippen LogP contribution is -2.17. The average Bonchev–Trinajstić information content (AvgIpc) is 2.49. The molecule has 1 heterocycles. The van der Waals surface area contributed by atoms with E-state index in [9.17, 15) is 10.1 Å². The van der Waals surface area contributed by atoms with E-state index < -0.39 is 4.92 Å². The lowest BCUT2D eigenvalue weighted by molar-refractivity contribution is -0.385. The molecule has 1 aromatic heterocycles. The van der Waals surface area contributed by atoms with Crippen LogP contribution in [0.1, 0.15) is 11.1 Å². The van der Waals surface area contributed by atoms with Crippen molar-refractivity contribution >= 4 is 17.3 Å². The van der Waals surface area contributed by atoms with E-state index in [1.807, 2.05) is 24.1 Å². The van der Waals surface area contributed by atoms with Crippen LogP contribution in [0.15, 0.2) is 36.7 Å². The van der Waals surface area contributed by atoms with E-state index in [2.05, 4.69) is 4.98 Å². The van der Waals surface area contributed by atoms with Crippen LogP contribution in [0.5, 0.6) is 5.75 Å². The molecular weight excluding hydrogens is 306 g/mol. The Balaban J connectivity index is 2.12. The first-order chi connectivity index (χ1) is 10.5. The van der Waals surface area contributed by atoms with Gasteiger partial charge in [-0.3, -0.25) is 20.0 Å². The van der Waals surface area contributed by atoms with Crippen molar-refractivity contribution in [2.24, 2.45) is 0 Å². The van der Waals surface area contributed by atoms with Crippen LogP contribution < -0.4 is 4.74 Å². The highest BCUT2D eigenvalue weighted by Gasteiger charge is 2.16. The Labute approximate surface area is 133 Å². The molecule has 0 saturated carbocycles. The van der Waals surface area contributed by atoms with E-state index in [0.717, 1.165) is 11.1 Å². The van der Waals surface area contributed by atoms with Gasteiger partial charge in [-0.25, -0.2) is 0 Å². The zero-order chi connectivity index (χ0) is 16.1. The van der Waals surface area contributed by atoms with Crippen LogP contribution in [-0.2, 0) is 13.1 Å². The summed E-state index contributed by atoms with van der Waals surface area (Å²) in [6.07, 6.45) is 3.29. The Bertz CT molecular complexity index is 679. The molecule has 0 unspecified atom stereocenters. The van der Waals surface area contributed by atoms with Crippen molar-refractivity contribution < 1.29 is 9.66 Å². The molecule has 0 bridgehead atoms. The molecule has 0 aliphatic heterocycles. The number of nitrogens with zero attached hydrogens (tertiary/aromatic N) is 3. The minimum Gasteiger partial charge on any atom is -0.490 e. The summed E-state index contributed by atoms with van der Waals surface area (Å²) in [4.78, 5) is 16.6. The largest absolute Gasteiger partial charge is 0.490 e. The minimum absolute atomic E-state index is 0.0321. The summed E-state index contributed by atoms with van der Waals surface area (Å²) in [5.41, 5.74) is 1.76. The zero-order valence-corrected chi connectivity index (χ0v) is 13.1. The summed E-state index contributed by atoms with van der Waals surface area (Å²) in [7, 11) is 3.34. The number of halogens is 1. The van der Waals surface area contributed by atoms with E-state index in [1.165, 1.54) is 13.2 Å². The minimum atomic E-state index is -0.442. The fourth-order valence-corrected chi connectivity index (χ4v) is 2.35. The first-order valence-electron chi connectivity index (χ1n) is 6.59. The molecule has 0 aliphatic rings. The molecule has 1 aromatic carbocycles. The molecule has 0 fully saturated rings. The number of pyridine rings is 1. The van der Waals surface area contributed by atoms with Gasteiger partial charge in [0.2, 0.25) is 0 Å². The normalized spacial score (nSPS) is 10.7. The molecule has 6 nitrogen and oxygen atoms in total. The van der Waals surface area contributed by atoms with Gasteiger partial charge in [0.25, 0.3) is 0 Å². The Kier molecular flexibility index (Phi) is 5.30. The van der Waals surface area contributed by atoms with Crippen molar-refractivity contribution in [3.8, 4) is 5.75 Å². The fourth-order valence-electron chi connectivity index (χ4n) is 2.17. The maximum atomic E-state index is 11.0. The molecule has 2 aromatic rings. The number of rotatable bonds is 6. The molecule has 0 amide bonds. The van der Waals surface area contributed by atoms with Gasteiger partial charge in [0, 0.05) is 31.5 Å². The van der Waals surface area contributed by atoms with Crippen LogP contribution in [0, 0.1) is 10.1 Å². The molecule has 2 rings (SSSR count). The lowest BCUT2D eigenvalue weighted by Gasteiger charge is -2.17. The van der Waals surface area contributed by atoms with Gasteiger partial charge < -0.3 is 4.74 Å². The number of aromatic nitrogens is 1. The molecule has 116 valence electrons. The molecule has 22 heavy (non-hydrogen) atoms. The van der Waals surface area contributed by atoms with Crippen molar-refractivity contribution in [2.45, 2.75) is 13.1 Å². The monoisotopic (exact) mass is 321 g/mol. The van der Waals surface area contributed by atoms with E-state index in [0.29, 0.717) is 18.1 Å². The van der Waals surface area contributed by atoms with Gasteiger partial charge in [-0.05, 0) is 30.3 Å². The van der Waals surface area contributed by atoms with E-state index >= 15 is 0 Å². The Morgan fingerprint density at radius 3 is 2.77 bits per heavy atom. The molecule has 7 heteroatoms. The van der Waals surface area contributed by atoms with Crippen molar-refractivity contribution in [1.82, 2.24) is 9.88 Å². The lowest BCUT2D eigenvalue weighted by atomic mass is 10.1. The third-order valence-electron chi connectivity index (χ3n) is 3.19. The molecule has 0 radical (unpaired) electrons. The summed E-state index contributed by atoms with van der Waals surface area (Å²) in [5.74, 6) is 0.258. The molecule has 0 spiro atoms. The van der Waals surface area contributed by atoms with Crippen LogP contribution in [0.25, 0.3) is 0 Å². The van der Waals surface area contributed by atoms with Gasteiger partial charge >= 0.3 is 5.69 Å². The van der Waals surface area contributed by atoms with Crippen LogP contribution in [0.3, 0.4) is 0 Å². The maximum absolute atomic E-state index is 11.0. The predicted octanol–water partition coefficient (Wildman–Crippen LogP) is 3.28. The summed E-state index contributed by atoms with van der Waals surface area (Å²) >= 11 is 6.08. The number of methoxy groups -OCH3 is 1. The number of benzene rings is 1. The highest BCUT2D eigenvalue weighted by Crippen LogP contribution is 2.28. The van der Waals surface area contributed by atoms with Gasteiger partial charge in [0.1, 0.15) is 0 Å². The van der Waals surface area contributed by atoms with Gasteiger partial charge in [0.15, 0.2) is 5.75 Å². The summed E-state index contributed by atoms with van der Waals surface area (Å²) in [5, 5.41) is 11.6. The summed E-state index contributed by atoms with van der Waals surface area (Å²) in [6.45, 7) is 1.19. The SMILES string of the molecule is COc1ccc(CN(C)Cc2ccncc2Cl)cc1[N+](=O)[O-]. The van der Waals surface area contributed by atoms with Gasteiger partial charge in [-0.2, -0.15) is 0 Å². The van der Waals surface area contributed by atoms with E-state index in [1.54, 1.807) is 18.5 Å². The first kappa shape index (κ1) is 16.2. The Hall–Kier alpha value is -2.18. The van der Waals surface area contributed by atoms with Crippen LogP contribution in [0.2, 0.25) is 5.02 Å². The number of nitro benzene ring substituents is 1. The molecule has 0 N–H and O–H groups in total. The second kappa shape index (κ2) is 7.20. The summed E-state index contributed by atoms with van der Waals surface area (Å²) < 4.78 is 5.00. The van der Waals surface area contributed by atoms with Crippen molar-refractivity contribution in [2.75, 3.05) is 14.2 Å². The smallest absolute Gasteiger partial charge is 0.311 e. The molecule has 0 aliphatic carbocycles. The standard InChI is InChI=1S/C15H16ClN3O3/c1-18(10-12-5-6-17-8-13(12)16)9-11-3-4-15(22-2)14(7-11)19(20)21/h3-8H,9-10H2,1-2H3. The first-order valence-corrected chi connectivity index (χ1v) is 6.97. The number of ether oxygens (including phenoxy) is 1. The van der Waals surface area contributed by atoms with E-state index in [4.69, 9.17) is 16.3 Å². The van der Waals surface area contributed by atoms with Crippen molar-refractivity contribution in [3.63, 3.8) is 0 Å². The molecule has 0 atom stereocenters. The van der Waals surface area contributed by atoms with Crippen LogP contribution >= 0.6 is 11.6 Å². The number of hydrogen-bond donors (Lipinski definition) is 0. The third-order valence-corrected chi connectivity index (χ3v) is 3.53. The highest BCUT2D eigenvalue weighted by atomic mass is 35.5. The predicted molar refractivity (Wildman–Crippen MR) is 84.1 cm³/mol. The fraction of sp³-hybridized carbons (Fsp3) is 0.267. The second-order valence-electron chi connectivity index (χ2n) is 4.90. The summed E-state index contributed by atoms with van der Waals surface area (Å²) in [6, 6.07) is 6.82. The topological polar surface area (TPSA) is 68.5 Å². The molecular formula is C15H16ClN3O3. The van der Waals surface area contributed by atoms with Crippen LogP contribution in [0.4, 0.5) is 5.69 Å². The maximum Gasteiger partial charge on any atom is 0.311 e. The second-order valence-corrected chi connectivity index (χ2v) is 5.31. The highest BCUT2D eigenvalue weighted by molar-refractivity contribution is 6.31. The molecule has 0 saturated heterocycles. The van der Waals surface area contributed by atoms with Crippen molar-refractivity contribution in [1.29, 1.82) is 0 Å². The zero-order valence-electron chi connectivity index (χ0n) is 12.3. The average molecular weight is 322 g/mol. The Morgan fingerprint density at radius 1 is 1.36 bits per heavy atom. The van der Waals surface area contributed by atoms with Gasteiger partial charge in [-0.1, -0.05) is 17.7 Å². The quantitative estimate of drug-likeness (QED) is 0.603. The van der Waals surface area contributed by atoms with Crippen molar-refractivity contribution in [3.05, 3.63) is 62.9 Å². The van der Waals surface area contributed by atoms with Crippen LogP contribution in [-0.4, -0.2) is 29.0 Å².